The smallest absolute Gasteiger partial charge is 0.198 e. The average molecular weight is 274 g/mol. The van der Waals surface area contributed by atoms with Crippen LogP contribution in [0.5, 0.6) is 0 Å². The van der Waals surface area contributed by atoms with Gasteiger partial charge in [-0.2, -0.15) is 0 Å². The summed E-state index contributed by atoms with van der Waals surface area (Å²) >= 11 is 0. The number of aromatic nitrogens is 1. The van der Waals surface area contributed by atoms with Gasteiger partial charge in [0, 0.05) is 12.5 Å². The van der Waals surface area contributed by atoms with Crippen LogP contribution in [0.1, 0.15) is 38.0 Å². The Morgan fingerprint density at radius 1 is 1.35 bits per heavy atom. The molecule has 1 atom stereocenters. The van der Waals surface area contributed by atoms with E-state index in [9.17, 15) is 5.11 Å². The van der Waals surface area contributed by atoms with Crippen LogP contribution in [0.25, 0.3) is 11.1 Å². The number of piperidine rings is 1. The summed E-state index contributed by atoms with van der Waals surface area (Å²) in [5.74, 6) is 1.29. The monoisotopic (exact) mass is 274 g/mol. The molecule has 1 aliphatic rings. The van der Waals surface area contributed by atoms with Crippen LogP contribution in [0.3, 0.4) is 0 Å². The molecule has 1 aromatic carbocycles. The highest BCUT2D eigenvalue weighted by Gasteiger charge is 2.25. The van der Waals surface area contributed by atoms with Crippen molar-refractivity contribution >= 4 is 11.1 Å². The van der Waals surface area contributed by atoms with E-state index in [1.54, 1.807) is 0 Å². The lowest BCUT2D eigenvalue weighted by atomic mass is 9.96. The molecular formula is C16H22N2O2. The maximum absolute atomic E-state index is 9.72. The highest BCUT2D eigenvalue weighted by Crippen LogP contribution is 2.29. The third kappa shape index (κ3) is 2.86. The van der Waals surface area contributed by atoms with Gasteiger partial charge in [0.2, 0.25) is 0 Å². The first-order valence-corrected chi connectivity index (χ1v) is 7.52. The minimum atomic E-state index is -0.198. The lowest BCUT2D eigenvalue weighted by molar-refractivity contribution is 0.0924. The van der Waals surface area contributed by atoms with Crippen molar-refractivity contribution < 1.29 is 9.52 Å². The van der Waals surface area contributed by atoms with Crippen LogP contribution in [0.4, 0.5) is 0 Å². The zero-order chi connectivity index (χ0) is 13.9. The van der Waals surface area contributed by atoms with Gasteiger partial charge in [-0.25, -0.2) is 4.98 Å². The third-order valence-electron chi connectivity index (χ3n) is 4.19. The summed E-state index contributed by atoms with van der Waals surface area (Å²) in [5.41, 5.74) is 1.83. The van der Waals surface area contributed by atoms with E-state index < -0.39 is 0 Å². The number of hydrogen-bond acceptors (Lipinski definition) is 4. The Hall–Kier alpha value is -1.39. The number of fused-ring (bicyclic) bond motifs is 1. The Labute approximate surface area is 119 Å². The molecule has 0 radical (unpaired) electrons. The van der Waals surface area contributed by atoms with E-state index >= 15 is 0 Å². The van der Waals surface area contributed by atoms with Crippen LogP contribution in [-0.4, -0.2) is 40.7 Å². The summed E-state index contributed by atoms with van der Waals surface area (Å²) in [7, 11) is 0. The van der Waals surface area contributed by atoms with Crippen LogP contribution < -0.4 is 0 Å². The van der Waals surface area contributed by atoms with Gasteiger partial charge in [-0.1, -0.05) is 19.1 Å². The molecule has 0 bridgehead atoms. The van der Waals surface area contributed by atoms with E-state index in [1.807, 2.05) is 31.2 Å². The highest BCUT2D eigenvalue weighted by molar-refractivity contribution is 5.72. The topological polar surface area (TPSA) is 49.5 Å². The predicted octanol–water partition coefficient (Wildman–Crippen LogP) is 2.78. The van der Waals surface area contributed by atoms with Crippen molar-refractivity contribution in [1.82, 2.24) is 9.88 Å². The number of para-hydroxylation sites is 2. The van der Waals surface area contributed by atoms with Crippen LogP contribution in [0, 0.1) is 0 Å². The number of benzene rings is 1. The Kier molecular flexibility index (Phi) is 4.03. The maximum atomic E-state index is 9.72. The zero-order valence-electron chi connectivity index (χ0n) is 12.0. The molecule has 1 fully saturated rings. The molecule has 0 amide bonds. The van der Waals surface area contributed by atoms with Gasteiger partial charge in [0.1, 0.15) is 5.52 Å². The Balaban J connectivity index is 1.63. The molecule has 1 saturated heterocycles. The van der Waals surface area contributed by atoms with Crippen LogP contribution in [-0.2, 0) is 0 Å². The van der Waals surface area contributed by atoms with E-state index in [0.29, 0.717) is 5.92 Å². The number of β-amino-alcohol motifs (C(OH)–C–C–N with tert-alkyl or cyclic N) is 1. The molecule has 0 spiro atoms. The van der Waals surface area contributed by atoms with Crippen molar-refractivity contribution in [3.63, 3.8) is 0 Å². The van der Waals surface area contributed by atoms with Crippen LogP contribution >= 0.6 is 0 Å². The van der Waals surface area contributed by atoms with Gasteiger partial charge in [-0.15, -0.1) is 0 Å². The van der Waals surface area contributed by atoms with Gasteiger partial charge in [-0.05, 0) is 44.5 Å². The molecule has 0 aliphatic carbocycles. The molecule has 0 saturated carbocycles. The van der Waals surface area contributed by atoms with Crippen molar-refractivity contribution in [3.8, 4) is 0 Å². The normalized spacial score (nSPS) is 19.5. The first kappa shape index (κ1) is 13.6. The SMILES string of the molecule is CCC(O)CN1CCC(c2nc3ccccc3o2)CC1. The summed E-state index contributed by atoms with van der Waals surface area (Å²) in [5, 5.41) is 9.72. The summed E-state index contributed by atoms with van der Waals surface area (Å²) in [6.07, 6.45) is 2.74. The molecule has 1 aromatic heterocycles. The van der Waals surface area contributed by atoms with Gasteiger partial charge in [0.25, 0.3) is 0 Å². The lowest BCUT2D eigenvalue weighted by Gasteiger charge is -2.31. The highest BCUT2D eigenvalue weighted by atomic mass is 16.3. The van der Waals surface area contributed by atoms with Gasteiger partial charge in [0.05, 0.1) is 6.10 Å². The Bertz CT molecular complexity index is 525. The molecule has 20 heavy (non-hydrogen) atoms. The lowest BCUT2D eigenvalue weighted by Crippen LogP contribution is -2.38. The molecule has 4 heteroatoms. The number of rotatable bonds is 4. The standard InChI is InChI=1S/C16H22N2O2/c1-2-13(19)11-18-9-7-12(8-10-18)16-17-14-5-3-4-6-15(14)20-16/h3-6,12-13,19H,2,7-11H2,1H3. The van der Waals surface area contributed by atoms with Crippen LogP contribution in [0.2, 0.25) is 0 Å². The van der Waals surface area contributed by atoms with Gasteiger partial charge in [0.15, 0.2) is 11.5 Å². The number of hydrogen-bond donors (Lipinski definition) is 1. The maximum Gasteiger partial charge on any atom is 0.198 e. The average Bonchev–Trinajstić information content (AvgIpc) is 2.91. The molecule has 4 nitrogen and oxygen atoms in total. The molecule has 108 valence electrons. The minimum Gasteiger partial charge on any atom is -0.440 e. The quantitative estimate of drug-likeness (QED) is 0.931. The summed E-state index contributed by atoms with van der Waals surface area (Å²) in [6, 6.07) is 7.93. The summed E-state index contributed by atoms with van der Waals surface area (Å²) < 4.78 is 5.87. The second kappa shape index (κ2) is 5.94. The second-order valence-electron chi connectivity index (χ2n) is 5.66. The van der Waals surface area contributed by atoms with Crippen molar-refractivity contribution in [2.45, 2.75) is 38.2 Å². The number of oxazole rings is 1. The van der Waals surface area contributed by atoms with Crippen LogP contribution in [0.15, 0.2) is 28.7 Å². The predicted molar refractivity (Wildman–Crippen MR) is 78.7 cm³/mol. The fourth-order valence-corrected chi connectivity index (χ4v) is 2.85. The number of nitrogens with zero attached hydrogens (tertiary/aromatic N) is 2. The Morgan fingerprint density at radius 3 is 2.80 bits per heavy atom. The largest absolute Gasteiger partial charge is 0.440 e. The fraction of sp³-hybridized carbons (Fsp3) is 0.562. The van der Waals surface area contributed by atoms with E-state index in [0.717, 1.165) is 55.9 Å². The van der Waals surface area contributed by atoms with Gasteiger partial charge < -0.3 is 14.4 Å². The molecule has 1 aliphatic heterocycles. The van der Waals surface area contributed by atoms with E-state index in [2.05, 4.69) is 9.88 Å². The number of likely N-dealkylation sites (tertiary alicyclic amines) is 1. The molecule has 1 N–H and O–H groups in total. The summed E-state index contributed by atoms with van der Waals surface area (Å²) in [6.45, 7) is 4.84. The second-order valence-corrected chi connectivity index (χ2v) is 5.66. The minimum absolute atomic E-state index is 0.198. The Morgan fingerprint density at radius 2 is 2.10 bits per heavy atom. The van der Waals surface area contributed by atoms with E-state index in [-0.39, 0.29) is 6.10 Å². The molecule has 1 unspecified atom stereocenters. The first-order valence-electron chi connectivity index (χ1n) is 7.52. The first-order chi connectivity index (χ1) is 9.76. The molecular weight excluding hydrogens is 252 g/mol. The molecule has 2 aromatic rings. The summed E-state index contributed by atoms with van der Waals surface area (Å²) in [4.78, 5) is 6.94. The number of aliphatic hydroxyl groups excluding tert-OH is 1. The third-order valence-corrected chi connectivity index (χ3v) is 4.19. The van der Waals surface area contributed by atoms with Gasteiger partial charge in [-0.3, -0.25) is 0 Å². The zero-order valence-corrected chi connectivity index (χ0v) is 12.0. The van der Waals surface area contributed by atoms with Crippen molar-refractivity contribution in [3.05, 3.63) is 30.2 Å². The molecule has 2 heterocycles. The fourth-order valence-electron chi connectivity index (χ4n) is 2.85. The van der Waals surface area contributed by atoms with Gasteiger partial charge >= 0.3 is 0 Å². The number of aliphatic hydroxyl groups is 1. The molecule has 3 rings (SSSR count). The van der Waals surface area contributed by atoms with Crippen molar-refractivity contribution in [2.75, 3.05) is 19.6 Å². The van der Waals surface area contributed by atoms with E-state index in [1.165, 1.54) is 0 Å². The van der Waals surface area contributed by atoms with Crippen molar-refractivity contribution in [1.29, 1.82) is 0 Å². The van der Waals surface area contributed by atoms with E-state index in [4.69, 9.17) is 4.42 Å². The van der Waals surface area contributed by atoms with Crippen molar-refractivity contribution in [2.24, 2.45) is 0 Å².